The van der Waals surface area contributed by atoms with Crippen molar-refractivity contribution in [3.05, 3.63) is 90.1 Å². The number of rotatable bonds is 5. The molecular formula is C22H19N3O3S. The van der Waals surface area contributed by atoms with Crippen molar-refractivity contribution in [2.45, 2.75) is 11.8 Å². The Hall–Kier alpha value is -3.45. The third-order valence-electron chi connectivity index (χ3n) is 4.60. The van der Waals surface area contributed by atoms with Gasteiger partial charge in [0, 0.05) is 5.39 Å². The first kappa shape index (κ1) is 18.9. The lowest BCUT2D eigenvalue weighted by Gasteiger charge is -2.10. The lowest BCUT2D eigenvalue weighted by atomic mass is 10.2. The summed E-state index contributed by atoms with van der Waals surface area (Å²) in [7, 11) is -3.66. The molecule has 1 aromatic heterocycles. The second-order valence-corrected chi connectivity index (χ2v) is 8.68. The minimum atomic E-state index is -3.66. The fourth-order valence-electron chi connectivity index (χ4n) is 3.08. The van der Waals surface area contributed by atoms with E-state index < -0.39 is 21.6 Å². The number of benzene rings is 3. The van der Waals surface area contributed by atoms with Crippen LogP contribution < -0.4 is 5.32 Å². The Morgan fingerprint density at radius 2 is 1.59 bits per heavy atom. The Balaban J connectivity index is 1.67. The topological polar surface area (TPSA) is 81.1 Å². The Morgan fingerprint density at radius 1 is 0.931 bits per heavy atom. The predicted molar refractivity (Wildman–Crippen MR) is 112 cm³/mol. The largest absolute Gasteiger partial charge is 0.336 e. The van der Waals surface area contributed by atoms with Crippen LogP contribution in [0.25, 0.3) is 16.6 Å². The van der Waals surface area contributed by atoms with Crippen LogP contribution in [0.2, 0.25) is 0 Å². The van der Waals surface area contributed by atoms with Crippen LogP contribution in [0.5, 0.6) is 0 Å². The summed E-state index contributed by atoms with van der Waals surface area (Å²) in [5, 5.41) is 7.73. The maximum Gasteiger partial charge on any atom is 0.271 e. The number of aromatic nitrogens is 2. The average Bonchev–Trinajstić information content (AvgIpc) is 3.13. The first-order chi connectivity index (χ1) is 14.0. The van der Waals surface area contributed by atoms with Gasteiger partial charge in [0.2, 0.25) is 0 Å². The van der Waals surface area contributed by atoms with Crippen LogP contribution in [-0.2, 0) is 9.84 Å². The minimum absolute atomic E-state index is 0.171. The minimum Gasteiger partial charge on any atom is -0.336 e. The summed E-state index contributed by atoms with van der Waals surface area (Å²) in [6.07, 6.45) is 0. The van der Waals surface area contributed by atoms with Gasteiger partial charge >= 0.3 is 0 Å². The van der Waals surface area contributed by atoms with Crippen molar-refractivity contribution >= 4 is 26.6 Å². The van der Waals surface area contributed by atoms with Crippen LogP contribution in [0.1, 0.15) is 16.1 Å². The molecule has 29 heavy (non-hydrogen) atoms. The molecule has 4 rings (SSSR count). The number of hydrogen-bond donors (Lipinski definition) is 1. The van der Waals surface area contributed by atoms with Crippen molar-refractivity contribution in [2.75, 3.05) is 5.88 Å². The molecule has 0 spiro atoms. The molecule has 3 aromatic carbocycles. The van der Waals surface area contributed by atoms with Crippen LogP contribution in [0.4, 0.5) is 0 Å². The molecule has 7 heteroatoms. The van der Waals surface area contributed by atoms with Crippen LogP contribution in [-0.4, -0.2) is 30.0 Å². The van der Waals surface area contributed by atoms with Crippen molar-refractivity contribution in [2.24, 2.45) is 0 Å². The first-order valence-corrected chi connectivity index (χ1v) is 10.7. The standard InChI is InChI=1S/C22H19N3O3S/c1-16-11-13-18(14-12-16)29(27,28)15-23-22(26)21-19-9-5-6-10-20(19)24-25(21)17-7-3-2-4-8-17/h2-14H,15H2,1H3,(H,23,26). The van der Waals surface area contributed by atoms with Crippen molar-refractivity contribution in [3.8, 4) is 5.69 Å². The van der Waals surface area contributed by atoms with Gasteiger partial charge in [-0.25, -0.2) is 13.1 Å². The third-order valence-corrected chi connectivity index (χ3v) is 6.11. The van der Waals surface area contributed by atoms with E-state index in [0.29, 0.717) is 16.6 Å². The molecule has 146 valence electrons. The molecule has 0 aliphatic rings. The van der Waals surface area contributed by atoms with E-state index in [-0.39, 0.29) is 4.90 Å². The highest BCUT2D eigenvalue weighted by Crippen LogP contribution is 2.22. The highest BCUT2D eigenvalue weighted by Gasteiger charge is 2.22. The molecule has 0 aliphatic carbocycles. The van der Waals surface area contributed by atoms with E-state index in [9.17, 15) is 13.2 Å². The summed E-state index contributed by atoms with van der Waals surface area (Å²) >= 11 is 0. The zero-order valence-electron chi connectivity index (χ0n) is 15.7. The van der Waals surface area contributed by atoms with Gasteiger partial charge < -0.3 is 5.32 Å². The fourth-order valence-corrected chi connectivity index (χ4v) is 4.12. The van der Waals surface area contributed by atoms with Gasteiger partial charge in [0.15, 0.2) is 9.84 Å². The number of fused-ring (bicyclic) bond motifs is 1. The van der Waals surface area contributed by atoms with Gasteiger partial charge in [-0.3, -0.25) is 4.79 Å². The maximum absolute atomic E-state index is 13.0. The monoisotopic (exact) mass is 405 g/mol. The maximum atomic E-state index is 13.0. The summed E-state index contributed by atoms with van der Waals surface area (Å²) < 4.78 is 26.7. The van der Waals surface area contributed by atoms with Crippen molar-refractivity contribution in [1.29, 1.82) is 0 Å². The van der Waals surface area contributed by atoms with Gasteiger partial charge in [0.25, 0.3) is 5.91 Å². The molecule has 0 fully saturated rings. The molecule has 0 atom stereocenters. The van der Waals surface area contributed by atoms with E-state index in [2.05, 4.69) is 10.4 Å². The van der Waals surface area contributed by atoms with Crippen LogP contribution >= 0.6 is 0 Å². The summed E-state index contributed by atoms with van der Waals surface area (Å²) in [5.41, 5.74) is 2.63. The van der Waals surface area contributed by atoms with Gasteiger partial charge in [-0.2, -0.15) is 5.10 Å². The van der Waals surface area contributed by atoms with Gasteiger partial charge in [-0.05, 0) is 37.3 Å². The third kappa shape index (κ3) is 3.77. The highest BCUT2D eigenvalue weighted by atomic mass is 32.2. The number of aryl methyl sites for hydroxylation is 1. The molecule has 1 N–H and O–H groups in total. The smallest absolute Gasteiger partial charge is 0.271 e. The van der Waals surface area contributed by atoms with E-state index >= 15 is 0 Å². The molecule has 1 heterocycles. The van der Waals surface area contributed by atoms with E-state index in [1.54, 1.807) is 35.0 Å². The van der Waals surface area contributed by atoms with Crippen LogP contribution in [0.15, 0.2) is 83.8 Å². The molecular weight excluding hydrogens is 386 g/mol. The number of amides is 1. The van der Waals surface area contributed by atoms with Crippen LogP contribution in [0.3, 0.4) is 0 Å². The Kier molecular flexibility index (Phi) is 4.90. The number of nitrogens with one attached hydrogen (secondary N) is 1. The average molecular weight is 405 g/mol. The lowest BCUT2D eigenvalue weighted by Crippen LogP contribution is -2.31. The number of carbonyl (C=O) groups excluding carboxylic acids is 1. The molecule has 1 amide bonds. The Labute approximate surface area is 168 Å². The summed E-state index contributed by atoms with van der Waals surface area (Å²) in [5.74, 6) is -0.998. The van der Waals surface area contributed by atoms with Gasteiger partial charge in [-0.15, -0.1) is 0 Å². The molecule has 0 aliphatic heterocycles. The molecule has 0 saturated carbocycles. The first-order valence-electron chi connectivity index (χ1n) is 9.06. The number of carbonyl (C=O) groups is 1. The van der Waals surface area contributed by atoms with E-state index in [4.69, 9.17) is 0 Å². The molecule has 4 aromatic rings. The fraction of sp³-hybridized carbons (Fsp3) is 0.0909. The summed E-state index contributed by atoms with van der Waals surface area (Å²) in [6, 6.07) is 23.1. The number of para-hydroxylation sites is 1. The molecule has 0 radical (unpaired) electrons. The molecule has 0 saturated heterocycles. The van der Waals surface area contributed by atoms with Gasteiger partial charge in [0.1, 0.15) is 11.6 Å². The van der Waals surface area contributed by atoms with E-state index in [1.165, 1.54) is 0 Å². The quantitative estimate of drug-likeness (QED) is 0.551. The van der Waals surface area contributed by atoms with E-state index in [0.717, 1.165) is 11.3 Å². The highest BCUT2D eigenvalue weighted by molar-refractivity contribution is 7.91. The van der Waals surface area contributed by atoms with Gasteiger partial charge in [-0.1, -0.05) is 54.1 Å². The number of nitrogens with zero attached hydrogens (tertiary/aromatic N) is 2. The Bertz CT molecular complexity index is 1280. The summed E-state index contributed by atoms with van der Waals surface area (Å²) in [6.45, 7) is 1.88. The second-order valence-electron chi connectivity index (χ2n) is 6.69. The molecule has 6 nitrogen and oxygen atoms in total. The molecule has 0 unspecified atom stereocenters. The zero-order valence-corrected chi connectivity index (χ0v) is 16.6. The summed E-state index contributed by atoms with van der Waals surface area (Å²) in [4.78, 5) is 13.2. The van der Waals surface area contributed by atoms with Crippen molar-refractivity contribution in [3.63, 3.8) is 0 Å². The van der Waals surface area contributed by atoms with Crippen molar-refractivity contribution < 1.29 is 13.2 Å². The normalized spacial score (nSPS) is 11.5. The lowest BCUT2D eigenvalue weighted by molar-refractivity contribution is 0.0953. The van der Waals surface area contributed by atoms with Gasteiger partial charge in [0.05, 0.1) is 16.1 Å². The van der Waals surface area contributed by atoms with Crippen LogP contribution in [0, 0.1) is 6.92 Å². The van der Waals surface area contributed by atoms with Crippen molar-refractivity contribution in [1.82, 2.24) is 15.1 Å². The SMILES string of the molecule is Cc1ccc(S(=O)(=O)CNC(=O)c2c3ccccc3nn2-c2ccccc2)cc1. The molecule has 0 bridgehead atoms. The number of hydrogen-bond acceptors (Lipinski definition) is 4. The number of sulfone groups is 1. The second kappa shape index (κ2) is 7.52. The zero-order chi connectivity index (χ0) is 20.4. The van der Waals surface area contributed by atoms with E-state index in [1.807, 2.05) is 55.5 Å². The Morgan fingerprint density at radius 3 is 2.31 bits per heavy atom. The predicted octanol–water partition coefficient (Wildman–Crippen LogP) is 3.50.